The molecule has 0 N–H and O–H groups in total. The molecule has 1 aliphatic carbocycles. The zero-order valence-corrected chi connectivity index (χ0v) is 15.7. The maximum Gasteiger partial charge on any atom is 0.412 e. The van der Waals surface area contributed by atoms with Crippen molar-refractivity contribution in [3.63, 3.8) is 0 Å². The van der Waals surface area contributed by atoms with Gasteiger partial charge in [-0.05, 0) is 54.5 Å². The number of hydrogen-bond donors (Lipinski definition) is 0. The van der Waals surface area contributed by atoms with Crippen LogP contribution in [-0.2, 0) is 0 Å². The van der Waals surface area contributed by atoms with Crippen LogP contribution in [0.1, 0.15) is 43.2 Å². The number of hydrogen-bond acceptors (Lipinski definition) is 0. The first-order valence-electron chi connectivity index (χ1n) is 9.41. The molecule has 0 bridgehead atoms. The van der Waals surface area contributed by atoms with Crippen molar-refractivity contribution in [2.45, 2.75) is 38.3 Å². The summed E-state index contributed by atoms with van der Waals surface area (Å²) in [4.78, 5) is 0. The Hall–Kier alpha value is -2.50. The Kier molecular flexibility index (Phi) is 6.20. The van der Waals surface area contributed by atoms with Gasteiger partial charge in [-0.25, -0.2) is 13.2 Å². The fourth-order valence-electron chi connectivity index (χ4n) is 3.59. The van der Waals surface area contributed by atoms with Gasteiger partial charge < -0.3 is 0 Å². The van der Waals surface area contributed by atoms with Crippen molar-refractivity contribution in [2.24, 2.45) is 5.92 Å². The molecule has 0 radical (unpaired) electrons. The summed E-state index contributed by atoms with van der Waals surface area (Å²) in [6, 6.07) is 7.59. The van der Waals surface area contributed by atoms with E-state index < -0.39 is 35.3 Å². The first-order valence-corrected chi connectivity index (χ1v) is 9.41. The third kappa shape index (κ3) is 5.11. The fourth-order valence-corrected chi connectivity index (χ4v) is 3.59. The van der Waals surface area contributed by atoms with E-state index in [0.29, 0.717) is 5.92 Å². The second kappa shape index (κ2) is 8.47. The number of halogens is 6. The molecular weight excluding hydrogens is 390 g/mol. The van der Waals surface area contributed by atoms with Crippen molar-refractivity contribution in [2.75, 3.05) is 0 Å². The van der Waals surface area contributed by atoms with Crippen LogP contribution in [0, 0.1) is 17.6 Å². The molecule has 0 heterocycles. The lowest BCUT2D eigenvalue weighted by molar-refractivity contribution is -0.0798. The van der Waals surface area contributed by atoms with Crippen LogP contribution in [0.15, 0.2) is 54.6 Å². The van der Waals surface area contributed by atoms with Gasteiger partial charge in [0, 0.05) is 17.0 Å². The average molecular weight is 410 g/mol. The molecule has 2 unspecified atom stereocenters. The van der Waals surface area contributed by atoms with E-state index in [-0.39, 0.29) is 17.0 Å². The normalized spacial score (nSPS) is 20.2. The van der Waals surface area contributed by atoms with Gasteiger partial charge in [-0.2, -0.15) is 13.2 Å². The van der Waals surface area contributed by atoms with Gasteiger partial charge in [-0.15, -0.1) is 0 Å². The van der Waals surface area contributed by atoms with Gasteiger partial charge >= 0.3 is 6.18 Å². The first-order chi connectivity index (χ1) is 13.7. The molecule has 1 aliphatic rings. The first kappa shape index (κ1) is 21.2. The number of benzene rings is 2. The van der Waals surface area contributed by atoms with Crippen LogP contribution >= 0.6 is 0 Å². The van der Waals surface area contributed by atoms with E-state index in [9.17, 15) is 26.3 Å². The Morgan fingerprint density at radius 1 is 1.00 bits per heavy atom. The van der Waals surface area contributed by atoms with Gasteiger partial charge in [0.25, 0.3) is 0 Å². The summed E-state index contributed by atoms with van der Waals surface area (Å²) in [6.07, 6.45) is 1.74. The molecule has 0 fully saturated rings. The van der Waals surface area contributed by atoms with Gasteiger partial charge in [0.2, 0.25) is 0 Å². The van der Waals surface area contributed by atoms with Gasteiger partial charge in [-0.1, -0.05) is 37.3 Å². The van der Waals surface area contributed by atoms with E-state index in [1.807, 2.05) is 0 Å². The largest absolute Gasteiger partial charge is 0.412 e. The second-order valence-electron chi connectivity index (χ2n) is 7.20. The van der Waals surface area contributed by atoms with Crippen LogP contribution in [0.5, 0.6) is 0 Å². The van der Waals surface area contributed by atoms with Crippen LogP contribution in [0.4, 0.5) is 26.3 Å². The highest BCUT2D eigenvalue weighted by molar-refractivity contribution is 5.69. The Bertz CT molecular complexity index is 939. The minimum Gasteiger partial charge on any atom is -0.206 e. The highest BCUT2D eigenvalue weighted by Gasteiger charge is 2.26. The van der Waals surface area contributed by atoms with Gasteiger partial charge in [0.1, 0.15) is 17.5 Å². The monoisotopic (exact) mass is 410 g/mol. The van der Waals surface area contributed by atoms with Gasteiger partial charge in [-0.3, -0.25) is 0 Å². The molecule has 6 heteroatoms. The summed E-state index contributed by atoms with van der Waals surface area (Å²) in [6.45, 7) is 2.12. The minimum atomic E-state index is -4.90. The third-order valence-electron chi connectivity index (χ3n) is 5.24. The predicted octanol–water partition coefficient (Wildman–Crippen LogP) is 7.96. The second-order valence-corrected chi connectivity index (χ2v) is 7.20. The van der Waals surface area contributed by atoms with Crippen LogP contribution in [0.25, 0.3) is 17.0 Å². The summed E-state index contributed by atoms with van der Waals surface area (Å²) >= 11 is 0. The Balaban J connectivity index is 1.86. The van der Waals surface area contributed by atoms with E-state index in [4.69, 9.17) is 0 Å². The lowest BCUT2D eigenvalue weighted by Crippen LogP contribution is -2.07. The molecule has 0 aromatic heterocycles. The number of allylic oxidation sites excluding steroid dienone is 3. The zero-order chi connectivity index (χ0) is 21.2. The molecule has 2 aromatic rings. The van der Waals surface area contributed by atoms with Crippen LogP contribution in [-0.4, -0.2) is 6.18 Å². The summed E-state index contributed by atoms with van der Waals surface area (Å²) in [5, 5.41) is 0. The number of rotatable bonds is 4. The molecule has 3 rings (SSSR count). The molecule has 29 heavy (non-hydrogen) atoms. The summed E-state index contributed by atoms with van der Waals surface area (Å²) in [5.74, 6) is -2.82. The van der Waals surface area contributed by atoms with Crippen LogP contribution < -0.4 is 0 Å². The topological polar surface area (TPSA) is 0 Å². The predicted molar refractivity (Wildman–Crippen MR) is 102 cm³/mol. The third-order valence-corrected chi connectivity index (χ3v) is 5.24. The number of alkyl halides is 3. The van der Waals surface area contributed by atoms with Gasteiger partial charge in [0.05, 0.1) is 6.08 Å². The van der Waals surface area contributed by atoms with E-state index in [1.165, 1.54) is 18.2 Å². The smallest absolute Gasteiger partial charge is 0.206 e. The summed E-state index contributed by atoms with van der Waals surface area (Å²) in [7, 11) is 0. The van der Waals surface area contributed by atoms with Crippen LogP contribution in [0.2, 0.25) is 0 Å². The Labute approximate surface area is 165 Å². The molecule has 0 saturated carbocycles. The fraction of sp³-hybridized carbons (Fsp3) is 0.304. The SMILES string of the molecule is CCC1C=CC(c2ccc(-c3ccc(/C(F)=C/C(F)(F)F)c(F)c3)c(F)c2)CC1. The molecule has 0 nitrogen and oxygen atoms in total. The lowest BCUT2D eigenvalue weighted by Gasteiger charge is -2.22. The Morgan fingerprint density at radius 3 is 2.31 bits per heavy atom. The molecule has 0 aliphatic heterocycles. The molecule has 0 saturated heterocycles. The molecule has 0 amide bonds. The molecule has 2 aromatic carbocycles. The molecule has 2 atom stereocenters. The van der Waals surface area contributed by atoms with E-state index >= 15 is 0 Å². The van der Waals surface area contributed by atoms with Crippen molar-refractivity contribution in [3.05, 3.63) is 77.4 Å². The molecule has 0 spiro atoms. The van der Waals surface area contributed by atoms with Crippen molar-refractivity contribution in [3.8, 4) is 11.1 Å². The van der Waals surface area contributed by atoms with Crippen molar-refractivity contribution in [1.82, 2.24) is 0 Å². The quantitative estimate of drug-likeness (QED) is 0.354. The summed E-state index contributed by atoms with van der Waals surface area (Å²) in [5.41, 5.74) is 0.222. The van der Waals surface area contributed by atoms with E-state index in [1.54, 1.807) is 6.07 Å². The maximum absolute atomic E-state index is 14.7. The average Bonchev–Trinajstić information content (AvgIpc) is 2.66. The zero-order valence-electron chi connectivity index (χ0n) is 15.7. The molecular formula is C23H20F6. The van der Waals surface area contributed by atoms with Crippen molar-refractivity contribution < 1.29 is 26.3 Å². The van der Waals surface area contributed by atoms with Crippen molar-refractivity contribution >= 4 is 5.83 Å². The molecule has 154 valence electrons. The maximum atomic E-state index is 14.7. The van der Waals surface area contributed by atoms with E-state index in [2.05, 4.69) is 19.1 Å². The Morgan fingerprint density at radius 2 is 1.76 bits per heavy atom. The van der Waals surface area contributed by atoms with Crippen LogP contribution in [0.3, 0.4) is 0 Å². The highest BCUT2D eigenvalue weighted by Crippen LogP contribution is 2.35. The van der Waals surface area contributed by atoms with Gasteiger partial charge in [0.15, 0.2) is 0 Å². The van der Waals surface area contributed by atoms with Crippen molar-refractivity contribution in [1.29, 1.82) is 0 Å². The van der Waals surface area contributed by atoms with E-state index in [0.717, 1.165) is 37.0 Å². The standard InChI is InChI=1S/C23H20F6/c1-2-14-3-5-15(6-4-14)16-7-9-18(20(24)11-16)17-8-10-19(21(25)12-17)22(26)13-23(27,28)29/h3,5,7-15H,2,4,6H2,1H3/b22-13-. The minimum absolute atomic E-state index is 0.102. The highest BCUT2D eigenvalue weighted by atomic mass is 19.4. The summed E-state index contributed by atoms with van der Waals surface area (Å²) < 4.78 is 79.2. The lowest BCUT2D eigenvalue weighted by atomic mass is 9.83.